The molecule has 3 nitrogen and oxygen atoms in total. The molecule has 2 aliphatic rings. The van der Waals surface area contributed by atoms with Crippen LogP contribution < -0.4 is 0 Å². The Morgan fingerprint density at radius 3 is 2.33 bits per heavy atom. The van der Waals surface area contributed by atoms with Crippen LogP contribution in [0.4, 0.5) is 4.79 Å². The summed E-state index contributed by atoms with van der Waals surface area (Å²) in [5.41, 5.74) is 0. The van der Waals surface area contributed by atoms with Crippen LogP contribution in [0.1, 0.15) is 45.7 Å². The Bertz CT molecular complexity index is 531. The van der Waals surface area contributed by atoms with Crippen molar-refractivity contribution in [2.75, 3.05) is 26.1 Å². The molecule has 15 heavy (non-hydrogen) atoms. The van der Waals surface area contributed by atoms with Gasteiger partial charge in [0.1, 0.15) is 0 Å². The number of amides is 1. The van der Waals surface area contributed by atoms with Crippen molar-refractivity contribution in [3.8, 4) is 0 Å². The van der Waals surface area contributed by atoms with Crippen LogP contribution >= 0.6 is 11.6 Å². The molecule has 2 heterocycles. The lowest BCUT2D eigenvalue weighted by Gasteiger charge is -2.39. The summed E-state index contributed by atoms with van der Waals surface area (Å²) in [5, 5.41) is -0.704. The second-order valence-electron chi connectivity index (χ2n) is 3.44. The van der Waals surface area contributed by atoms with E-state index in [1.54, 1.807) is 0 Å². The van der Waals surface area contributed by atoms with Gasteiger partial charge in [-0.25, -0.2) is 0 Å². The zero-order chi connectivity index (χ0) is 19.6. The Balaban J connectivity index is 2.48. The first-order chi connectivity index (χ1) is 11.0. The Kier molecular flexibility index (Phi) is 1.44. The summed E-state index contributed by atoms with van der Waals surface area (Å²) in [6, 6.07) is -0.918. The fourth-order valence-corrected chi connectivity index (χ4v) is 1.89. The smallest absolute Gasteiger partial charge is 0.316 e. The average Bonchev–Trinajstić information content (AvgIpc) is 2.45. The normalized spacial score (nSPS) is 52.2. The second kappa shape index (κ2) is 5.17. The minimum Gasteiger partial charge on any atom is -0.329 e. The topological polar surface area (TPSA) is 23.6 Å². The molecular weight excluding hydrogens is 212 g/mol. The van der Waals surface area contributed by atoms with E-state index in [-0.39, 0.29) is 25.9 Å². The molecule has 0 aromatic carbocycles. The van der Waals surface area contributed by atoms with Gasteiger partial charge in [-0.3, -0.25) is 4.79 Å². The van der Waals surface area contributed by atoms with E-state index < -0.39 is 43.5 Å². The highest BCUT2D eigenvalue weighted by Gasteiger charge is 2.26. The van der Waals surface area contributed by atoms with Crippen LogP contribution in [0.15, 0.2) is 0 Å². The molecule has 0 aromatic heterocycles. The maximum Gasteiger partial charge on any atom is 0.316 e. The van der Waals surface area contributed by atoms with Crippen molar-refractivity contribution < 1.29 is 18.5 Å². The molecule has 0 N–H and O–H groups in total. The van der Waals surface area contributed by atoms with Gasteiger partial charge in [0.15, 0.2) is 0 Å². The molecule has 0 aromatic rings. The van der Waals surface area contributed by atoms with E-state index in [0.29, 0.717) is 4.90 Å². The van der Waals surface area contributed by atoms with E-state index in [1.807, 2.05) is 0 Å². The van der Waals surface area contributed by atoms with Gasteiger partial charge in [-0.1, -0.05) is 6.37 Å². The number of rotatable bonds is 1. The first-order valence-electron chi connectivity index (χ1n) is 9.77. The van der Waals surface area contributed by atoms with Crippen molar-refractivity contribution in [1.82, 2.24) is 9.80 Å². The number of piperidine rings is 2. The molecule has 2 fully saturated rings. The van der Waals surface area contributed by atoms with Gasteiger partial charge in [-0.05, 0) is 50.2 Å². The number of carbonyl (C=O) groups excluding carboxylic acids is 1. The van der Waals surface area contributed by atoms with Crippen LogP contribution in [-0.4, -0.2) is 47.3 Å². The van der Waals surface area contributed by atoms with E-state index in [4.69, 9.17) is 25.3 Å². The Labute approximate surface area is 110 Å². The van der Waals surface area contributed by atoms with Gasteiger partial charge in [-0.2, -0.15) is 0 Å². The largest absolute Gasteiger partial charge is 0.329 e. The van der Waals surface area contributed by atoms with Crippen molar-refractivity contribution in [3.05, 3.63) is 0 Å². The lowest BCUT2D eigenvalue weighted by Crippen LogP contribution is -2.47. The van der Waals surface area contributed by atoms with Crippen molar-refractivity contribution in [1.29, 1.82) is 0 Å². The van der Waals surface area contributed by atoms with Crippen molar-refractivity contribution in [3.63, 3.8) is 0 Å². The van der Waals surface area contributed by atoms with Gasteiger partial charge >= 0.3 is 5.37 Å². The third-order valence-electron chi connectivity index (χ3n) is 2.56. The maximum atomic E-state index is 11.2. The molecule has 0 spiro atoms. The molecule has 0 bridgehead atoms. The molecule has 2 aliphatic heterocycles. The molecule has 4 heteroatoms. The molecule has 0 radical (unpaired) electrons. The highest BCUT2D eigenvalue weighted by atomic mass is 35.5. The van der Waals surface area contributed by atoms with Crippen LogP contribution in [0, 0.1) is 0 Å². The first-order valence-corrected chi connectivity index (χ1v) is 5.15. The van der Waals surface area contributed by atoms with Crippen LogP contribution in [0.25, 0.3) is 0 Å². The fraction of sp³-hybridized carbons (Fsp3) is 0.909. The number of carbonyl (C=O) groups is 1. The summed E-state index contributed by atoms with van der Waals surface area (Å²) >= 11 is 5.39. The molecular formula is C11H19ClN2O. The first kappa shape index (κ1) is 4.19. The van der Waals surface area contributed by atoms with Gasteiger partial charge in [-0.15, -0.1) is 0 Å². The Hall–Kier alpha value is -0.280. The molecule has 0 atom stereocenters. The van der Waals surface area contributed by atoms with Crippen molar-refractivity contribution in [2.24, 2.45) is 0 Å². The number of halogens is 1. The highest BCUT2D eigenvalue weighted by molar-refractivity contribution is 6.62. The third-order valence-corrected chi connectivity index (χ3v) is 2.80. The monoisotopic (exact) mass is 240 g/mol. The highest BCUT2D eigenvalue weighted by Crippen LogP contribution is 2.21. The van der Waals surface area contributed by atoms with Gasteiger partial charge in [0.05, 0.1) is 0 Å². The zero-order valence-electron chi connectivity index (χ0n) is 18.1. The lowest BCUT2D eigenvalue weighted by molar-refractivity contribution is 0.107. The standard InChI is InChI=1S/C11H19ClN2O/c12-11(15)14-8-4-10(5-9-14)13-6-2-1-3-7-13/h10H,1-9H2/i1D2,2D2,3D2,6D2,7D2. The predicted octanol–water partition coefficient (Wildman–Crippen LogP) is 2.30. The lowest BCUT2D eigenvalue weighted by atomic mass is 10.0. The molecule has 1 amide bonds. The minimum absolute atomic E-state index is 0.0621. The number of likely N-dealkylation sites (tertiary alicyclic amines) is 2. The molecule has 0 aliphatic carbocycles. The SMILES string of the molecule is [2H]C1([2H])N(C2CCN(C(=O)Cl)CC2)C([2H])([2H])C([2H])([2H])C([2H])([2H])C1([2H])[2H]. The van der Waals surface area contributed by atoms with E-state index in [2.05, 4.69) is 0 Å². The summed E-state index contributed by atoms with van der Waals surface area (Å²) in [4.78, 5) is 12.9. The van der Waals surface area contributed by atoms with E-state index in [9.17, 15) is 4.79 Å². The predicted molar refractivity (Wildman–Crippen MR) is 61.3 cm³/mol. The van der Waals surface area contributed by atoms with E-state index >= 15 is 0 Å². The molecule has 2 saturated heterocycles. The van der Waals surface area contributed by atoms with Gasteiger partial charge in [0.25, 0.3) is 0 Å². The summed E-state index contributed by atoms with van der Waals surface area (Å²) in [6.45, 7) is -6.03. The summed E-state index contributed by atoms with van der Waals surface area (Å²) in [7, 11) is 0. The van der Waals surface area contributed by atoms with E-state index in [1.165, 1.54) is 4.90 Å². The van der Waals surface area contributed by atoms with Gasteiger partial charge in [0.2, 0.25) is 0 Å². The van der Waals surface area contributed by atoms with Gasteiger partial charge in [0, 0.05) is 32.8 Å². The summed E-state index contributed by atoms with van der Waals surface area (Å²) < 4.78 is 79.6. The van der Waals surface area contributed by atoms with Crippen molar-refractivity contribution in [2.45, 2.75) is 38.0 Å². The molecule has 2 rings (SSSR count). The number of hydrogen-bond donors (Lipinski definition) is 0. The maximum absolute atomic E-state index is 11.2. The fourth-order valence-electron chi connectivity index (χ4n) is 1.72. The summed E-state index contributed by atoms with van der Waals surface area (Å²) in [6.07, 6.45) is -9.90. The van der Waals surface area contributed by atoms with Crippen LogP contribution in [-0.2, 0) is 0 Å². The molecule has 0 unspecified atom stereocenters. The zero-order valence-corrected chi connectivity index (χ0v) is 8.84. The Morgan fingerprint density at radius 2 is 1.80 bits per heavy atom. The minimum atomic E-state index is -3.41. The van der Waals surface area contributed by atoms with Crippen LogP contribution in [0.2, 0.25) is 0 Å². The second-order valence-corrected chi connectivity index (χ2v) is 3.76. The van der Waals surface area contributed by atoms with Gasteiger partial charge < -0.3 is 9.80 Å². The molecule has 0 saturated carbocycles. The Morgan fingerprint density at radius 1 is 1.20 bits per heavy atom. The molecule has 86 valence electrons. The number of hydrogen-bond acceptors (Lipinski definition) is 2. The van der Waals surface area contributed by atoms with Crippen LogP contribution in [0.3, 0.4) is 0 Å². The van der Waals surface area contributed by atoms with E-state index in [0.717, 1.165) is 0 Å². The van der Waals surface area contributed by atoms with Crippen molar-refractivity contribution >= 4 is 17.0 Å². The third kappa shape index (κ3) is 2.85. The average molecular weight is 241 g/mol. The quantitative estimate of drug-likeness (QED) is 0.519. The summed E-state index contributed by atoms with van der Waals surface area (Å²) in [5.74, 6) is 0. The number of nitrogens with zero attached hydrogens (tertiary/aromatic N) is 2. The van der Waals surface area contributed by atoms with Crippen LogP contribution in [0.5, 0.6) is 0 Å².